The minimum Gasteiger partial charge on any atom is -0.489 e. The molecule has 0 fully saturated rings. The predicted molar refractivity (Wildman–Crippen MR) is 195 cm³/mol. The summed E-state index contributed by atoms with van der Waals surface area (Å²) in [4.78, 5) is 0. The summed E-state index contributed by atoms with van der Waals surface area (Å²) in [5.74, 6) is 3.75. The Morgan fingerprint density at radius 2 is 0.523 bits per heavy atom. The van der Waals surface area contributed by atoms with Crippen LogP contribution in [-0.2, 0) is 0 Å². The quantitative estimate of drug-likeness (QED) is 0.0787. The van der Waals surface area contributed by atoms with Crippen LogP contribution in [0.2, 0.25) is 0 Å². The summed E-state index contributed by atoms with van der Waals surface area (Å²) >= 11 is 3.33. The Labute approximate surface area is 280 Å². The van der Waals surface area contributed by atoms with Gasteiger partial charge < -0.3 is 18.9 Å². The number of unbranched alkanes of at least 4 members (excludes halogenated alkanes) is 18. The first-order chi connectivity index (χ1) is 21.8. The van der Waals surface area contributed by atoms with E-state index >= 15 is 0 Å². The van der Waals surface area contributed by atoms with Crippen LogP contribution in [0.4, 0.5) is 0 Å². The molecule has 256 valence electrons. The fourth-order valence-corrected chi connectivity index (χ4v) is 6.24. The molecule has 4 nitrogen and oxygen atoms in total. The van der Waals surface area contributed by atoms with Gasteiger partial charge in [-0.25, -0.2) is 0 Å². The van der Waals surface area contributed by atoms with Crippen LogP contribution in [0, 0.1) is 0 Å². The zero-order chi connectivity index (χ0) is 31.8. The summed E-state index contributed by atoms with van der Waals surface area (Å²) in [6.45, 7) is 12.3. The number of rotatable bonds is 30. The highest BCUT2D eigenvalue weighted by Gasteiger charge is 2.07. The van der Waals surface area contributed by atoms with Gasteiger partial charge in [0.25, 0.3) is 0 Å². The van der Waals surface area contributed by atoms with Crippen LogP contribution in [0.5, 0.6) is 23.0 Å². The van der Waals surface area contributed by atoms with E-state index < -0.39 is 0 Å². The van der Waals surface area contributed by atoms with Crippen molar-refractivity contribution in [2.45, 2.75) is 169 Å². The van der Waals surface area contributed by atoms with Gasteiger partial charge in [0.1, 0.15) is 0 Å². The van der Waals surface area contributed by atoms with Crippen molar-refractivity contribution in [1.82, 2.24) is 0 Å². The molecule has 0 N–H and O–H groups in total. The lowest BCUT2D eigenvalue weighted by molar-refractivity contribution is 0.260. The van der Waals surface area contributed by atoms with E-state index in [0.29, 0.717) is 0 Å². The van der Waals surface area contributed by atoms with Crippen molar-refractivity contribution in [3.05, 3.63) is 21.5 Å². The van der Waals surface area contributed by atoms with Gasteiger partial charge in [-0.3, -0.25) is 0 Å². The second kappa shape index (κ2) is 31.6. The topological polar surface area (TPSA) is 36.9 Å². The molecule has 2 aromatic rings. The third kappa shape index (κ3) is 23.0. The number of thiophene rings is 2. The van der Waals surface area contributed by atoms with Gasteiger partial charge in [0.2, 0.25) is 0 Å². The van der Waals surface area contributed by atoms with E-state index in [-0.39, 0.29) is 0 Å². The molecule has 2 heterocycles. The molecule has 0 saturated carbocycles. The summed E-state index contributed by atoms with van der Waals surface area (Å²) in [5, 5.41) is 8.23. The summed E-state index contributed by atoms with van der Waals surface area (Å²) in [6.07, 6.45) is 28.3. The summed E-state index contributed by atoms with van der Waals surface area (Å²) < 4.78 is 23.4. The zero-order valence-corrected chi connectivity index (χ0v) is 30.8. The Hall–Kier alpha value is -1.40. The molecule has 2 rings (SSSR count). The summed E-state index contributed by atoms with van der Waals surface area (Å²) in [7, 11) is 0. The van der Waals surface area contributed by atoms with Crippen LogP contribution in [0.25, 0.3) is 0 Å². The van der Waals surface area contributed by atoms with Crippen LogP contribution in [0.3, 0.4) is 0 Å². The molecule has 0 atom stereocenters. The van der Waals surface area contributed by atoms with Crippen molar-refractivity contribution >= 4 is 22.7 Å². The van der Waals surface area contributed by atoms with E-state index in [1.807, 2.05) is 0 Å². The average Bonchev–Trinajstić information content (AvgIpc) is 3.69. The molecule has 0 aliphatic rings. The molecule has 0 spiro atoms. The van der Waals surface area contributed by atoms with E-state index in [4.69, 9.17) is 18.9 Å². The molecular formula is C38H68O4S2. The van der Waals surface area contributed by atoms with Gasteiger partial charge in [-0.05, 0) is 25.7 Å². The number of ether oxygens (including phenoxy) is 4. The molecule has 0 aliphatic heterocycles. The minimum absolute atomic E-state index is 0.813. The van der Waals surface area contributed by atoms with Gasteiger partial charge in [0.15, 0.2) is 23.0 Å². The van der Waals surface area contributed by atoms with Gasteiger partial charge in [-0.15, -0.1) is 22.7 Å². The van der Waals surface area contributed by atoms with Crippen molar-refractivity contribution in [1.29, 1.82) is 0 Å². The Morgan fingerprint density at radius 3 is 0.750 bits per heavy atom. The predicted octanol–water partition coefficient (Wildman–Crippen LogP) is 13.7. The van der Waals surface area contributed by atoms with Crippen LogP contribution in [0.1, 0.15) is 169 Å². The van der Waals surface area contributed by atoms with Crippen molar-refractivity contribution in [2.75, 3.05) is 26.4 Å². The average molecular weight is 653 g/mol. The maximum Gasteiger partial charge on any atom is 0.171 e. The zero-order valence-electron chi connectivity index (χ0n) is 29.1. The van der Waals surface area contributed by atoms with Gasteiger partial charge in [-0.1, -0.05) is 143 Å². The van der Waals surface area contributed by atoms with E-state index in [1.165, 1.54) is 116 Å². The lowest BCUT2D eigenvalue weighted by Crippen LogP contribution is -2.01. The Kier molecular flexibility index (Phi) is 29.2. The monoisotopic (exact) mass is 652 g/mol. The minimum atomic E-state index is 0.813. The highest BCUT2D eigenvalue weighted by Crippen LogP contribution is 2.33. The van der Waals surface area contributed by atoms with Crippen molar-refractivity contribution in [2.24, 2.45) is 0 Å². The number of hydrogen-bond acceptors (Lipinski definition) is 6. The molecule has 2 aromatic heterocycles. The molecule has 0 unspecified atom stereocenters. The largest absolute Gasteiger partial charge is 0.489 e. The maximum absolute atomic E-state index is 5.88. The van der Waals surface area contributed by atoms with Crippen molar-refractivity contribution in [3.8, 4) is 23.0 Å². The van der Waals surface area contributed by atoms with Gasteiger partial charge in [0.05, 0.1) is 26.4 Å². The first-order valence-electron chi connectivity index (χ1n) is 18.4. The highest BCUT2D eigenvalue weighted by molar-refractivity contribution is 7.08. The van der Waals surface area contributed by atoms with Crippen LogP contribution < -0.4 is 18.9 Å². The summed E-state index contributed by atoms with van der Waals surface area (Å²) in [6, 6.07) is 0. The SMILES string of the molecule is CCCCCCCCOc1cscc1OCCCCCCCC.CCCCCCCOc1cscc1OCCCCCCC. The molecule has 0 radical (unpaired) electrons. The fourth-order valence-electron chi connectivity index (χ4n) is 4.87. The van der Waals surface area contributed by atoms with E-state index in [9.17, 15) is 0 Å². The maximum atomic E-state index is 5.88. The normalized spacial score (nSPS) is 10.8. The third-order valence-electron chi connectivity index (χ3n) is 7.71. The van der Waals surface area contributed by atoms with Crippen molar-refractivity contribution < 1.29 is 18.9 Å². The van der Waals surface area contributed by atoms with E-state index in [1.54, 1.807) is 22.7 Å². The molecule has 6 heteroatoms. The second-order valence-corrected chi connectivity index (χ2v) is 13.4. The van der Waals surface area contributed by atoms with E-state index in [0.717, 1.165) is 75.1 Å². The molecule has 0 bridgehead atoms. The summed E-state index contributed by atoms with van der Waals surface area (Å²) in [5.41, 5.74) is 0. The number of hydrogen-bond donors (Lipinski definition) is 0. The molecule has 0 amide bonds. The van der Waals surface area contributed by atoms with Gasteiger partial charge in [-0.2, -0.15) is 0 Å². The first kappa shape index (κ1) is 40.6. The standard InChI is InChI=1S/C20H36O2S.C18H32O2S/c1-3-5-7-9-11-13-15-21-19-17-23-18-20(19)22-16-14-12-10-8-6-4-2;1-3-5-7-9-11-13-19-17-15-21-16-18(17)20-14-12-10-8-6-4-2/h17-18H,3-16H2,1-2H3;15-16H,3-14H2,1-2H3. The Morgan fingerprint density at radius 1 is 0.318 bits per heavy atom. The highest BCUT2D eigenvalue weighted by atomic mass is 32.1. The third-order valence-corrected chi connectivity index (χ3v) is 9.11. The Balaban J connectivity index is 0.000000442. The molecule has 0 saturated heterocycles. The molecule has 44 heavy (non-hydrogen) atoms. The Bertz CT molecular complexity index is 771. The molecule has 0 aliphatic carbocycles. The van der Waals surface area contributed by atoms with Gasteiger partial charge in [0, 0.05) is 21.5 Å². The molecule has 0 aromatic carbocycles. The molecular weight excluding hydrogens is 585 g/mol. The van der Waals surface area contributed by atoms with Crippen molar-refractivity contribution in [3.63, 3.8) is 0 Å². The smallest absolute Gasteiger partial charge is 0.171 e. The van der Waals surface area contributed by atoms with Crippen LogP contribution >= 0.6 is 22.7 Å². The fraction of sp³-hybridized carbons (Fsp3) is 0.789. The second-order valence-electron chi connectivity index (χ2n) is 12.0. The first-order valence-corrected chi connectivity index (χ1v) is 20.3. The van der Waals surface area contributed by atoms with Crippen LogP contribution in [0.15, 0.2) is 21.5 Å². The lowest BCUT2D eigenvalue weighted by atomic mass is 10.1. The van der Waals surface area contributed by atoms with E-state index in [2.05, 4.69) is 49.2 Å². The van der Waals surface area contributed by atoms with Gasteiger partial charge >= 0.3 is 0 Å². The lowest BCUT2D eigenvalue weighted by Gasteiger charge is -2.09. The van der Waals surface area contributed by atoms with Crippen LogP contribution in [-0.4, -0.2) is 26.4 Å².